The molecule has 0 bridgehead atoms. The van der Waals surface area contributed by atoms with E-state index in [0.717, 1.165) is 5.56 Å². The number of rotatable bonds is 3. The van der Waals surface area contributed by atoms with E-state index in [1.807, 2.05) is 13.0 Å². The molecule has 1 aliphatic heterocycles. The monoisotopic (exact) mass is 333 g/mol. The highest BCUT2D eigenvalue weighted by Gasteiger charge is 2.33. The summed E-state index contributed by atoms with van der Waals surface area (Å²) in [6, 6.07) is 12.1. The van der Waals surface area contributed by atoms with Gasteiger partial charge in [-0.2, -0.15) is 0 Å². The lowest BCUT2D eigenvalue weighted by Crippen LogP contribution is -2.36. The number of hydrogen-bond donors (Lipinski definition) is 1. The molecule has 2 aromatic rings. The number of fused-ring (bicyclic) bond motifs is 1. The van der Waals surface area contributed by atoms with Crippen LogP contribution in [-0.2, 0) is 10.0 Å². The molecule has 6 heteroatoms. The van der Waals surface area contributed by atoms with Gasteiger partial charge in [-0.3, -0.25) is 4.31 Å². The Balaban J connectivity index is 2.15. The minimum Gasteiger partial charge on any atom is -0.495 e. The first kappa shape index (κ1) is 15.8. The van der Waals surface area contributed by atoms with Crippen LogP contribution >= 0.6 is 0 Å². The number of benzene rings is 2. The van der Waals surface area contributed by atoms with E-state index in [1.165, 1.54) is 11.4 Å². The second-order valence-corrected chi connectivity index (χ2v) is 7.43. The van der Waals surface area contributed by atoms with Crippen molar-refractivity contribution in [2.24, 2.45) is 0 Å². The van der Waals surface area contributed by atoms with Crippen LogP contribution in [0.25, 0.3) is 0 Å². The van der Waals surface area contributed by atoms with Crippen LogP contribution in [-0.4, -0.2) is 27.2 Å². The summed E-state index contributed by atoms with van der Waals surface area (Å²) in [6.45, 7) is 2.07. The van der Waals surface area contributed by atoms with Crippen LogP contribution in [0.1, 0.15) is 23.7 Å². The summed E-state index contributed by atoms with van der Waals surface area (Å²) in [4.78, 5) is 0.145. The molecule has 1 atom stereocenters. The van der Waals surface area contributed by atoms with E-state index in [2.05, 4.69) is 0 Å². The van der Waals surface area contributed by atoms with Gasteiger partial charge in [0.1, 0.15) is 10.6 Å². The first-order valence-corrected chi connectivity index (χ1v) is 8.83. The maximum absolute atomic E-state index is 13.2. The fourth-order valence-electron chi connectivity index (χ4n) is 2.87. The van der Waals surface area contributed by atoms with Crippen LogP contribution in [0.3, 0.4) is 0 Å². The Morgan fingerprint density at radius 1 is 1.22 bits per heavy atom. The van der Waals surface area contributed by atoms with E-state index in [4.69, 9.17) is 4.74 Å². The van der Waals surface area contributed by atoms with Crippen LogP contribution in [0.5, 0.6) is 5.75 Å². The Labute approximate surface area is 136 Å². The summed E-state index contributed by atoms with van der Waals surface area (Å²) in [5, 5.41) is 10.1. The number of anilines is 1. The van der Waals surface area contributed by atoms with Gasteiger partial charge in [-0.05, 0) is 37.1 Å². The van der Waals surface area contributed by atoms with Gasteiger partial charge in [-0.1, -0.05) is 24.3 Å². The predicted molar refractivity (Wildman–Crippen MR) is 88.3 cm³/mol. The van der Waals surface area contributed by atoms with Gasteiger partial charge in [0.2, 0.25) is 0 Å². The molecule has 1 unspecified atom stereocenters. The molecule has 1 N–H and O–H groups in total. The molecule has 1 heterocycles. The van der Waals surface area contributed by atoms with Crippen molar-refractivity contribution in [1.82, 2.24) is 0 Å². The Kier molecular flexibility index (Phi) is 4.04. The number of methoxy groups -OCH3 is 1. The fourth-order valence-corrected chi connectivity index (χ4v) is 4.61. The largest absolute Gasteiger partial charge is 0.495 e. The molecule has 122 valence electrons. The van der Waals surface area contributed by atoms with Crippen molar-refractivity contribution < 1.29 is 18.3 Å². The zero-order valence-corrected chi connectivity index (χ0v) is 13.9. The van der Waals surface area contributed by atoms with Crippen LogP contribution in [0.4, 0.5) is 5.69 Å². The lowest BCUT2D eigenvalue weighted by Gasteiger charge is -2.33. The third kappa shape index (κ3) is 2.68. The predicted octanol–water partition coefficient (Wildman–Crippen LogP) is 2.64. The lowest BCUT2D eigenvalue weighted by molar-refractivity contribution is 0.166. The van der Waals surface area contributed by atoms with E-state index >= 15 is 0 Å². The normalized spacial score (nSPS) is 17.7. The molecular formula is C17H19NO4S. The van der Waals surface area contributed by atoms with Gasteiger partial charge in [0, 0.05) is 12.1 Å². The Morgan fingerprint density at radius 3 is 2.70 bits per heavy atom. The molecule has 0 fully saturated rings. The molecule has 0 radical (unpaired) electrons. The molecule has 0 aliphatic carbocycles. The molecule has 0 saturated carbocycles. The average molecular weight is 333 g/mol. The van der Waals surface area contributed by atoms with Gasteiger partial charge in [0.05, 0.1) is 18.9 Å². The van der Waals surface area contributed by atoms with Crippen LogP contribution in [0, 0.1) is 6.92 Å². The van der Waals surface area contributed by atoms with E-state index in [-0.39, 0.29) is 11.4 Å². The van der Waals surface area contributed by atoms with Crippen molar-refractivity contribution >= 4 is 15.7 Å². The van der Waals surface area contributed by atoms with E-state index in [9.17, 15) is 13.5 Å². The Morgan fingerprint density at radius 2 is 1.96 bits per heavy atom. The number of ether oxygens (including phenoxy) is 1. The highest BCUT2D eigenvalue weighted by atomic mass is 32.2. The van der Waals surface area contributed by atoms with Crippen molar-refractivity contribution in [3.05, 3.63) is 53.6 Å². The number of nitrogens with zero attached hydrogens (tertiary/aromatic N) is 1. The summed E-state index contributed by atoms with van der Waals surface area (Å²) in [5.41, 5.74) is 2.00. The quantitative estimate of drug-likeness (QED) is 0.938. The standard InChI is InChI=1S/C17H19NO4S/c1-12-7-8-16(22-2)17(11-12)23(20,21)18-10-9-15(19)13-5-3-4-6-14(13)18/h3-8,11,15,19H,9-10H2,1-2H3. The van der Waals surface area contributed by atoms with Crippen LogP contribution in [0.15, 0.2) is 47.4 Å². The Bertz CT molecular complexity index is 832. The second kappa shape index (κ2) is 5.86. The second-order valence-electron chi connectivity index (χ2n) is 5.59. The molecule has 0 aromatic heterocycles. The minimum absolute atomic E-state index is 0.145. The number of hydrogen-bond acceptors (Lipinski definition) is 4. The van der Waals surface area contributed by atoms with Gasteiger partial charge in [0.15, 0.2) is 0 Å². The molecule has 23 heavy (non-hydrogen) atoms. The SMILES string of the molecule is COc1ccc(C)cc1S(=O)(=O)N1CCC(O)c2ccccc21. The average Bonchev–Trinajstić information content (AvgIpc) is 2.55. The molecule has 0 saturated heterocycles. The first-order valence-electron chi connectivity index (χ1n) is 7.39. The minimum atomic E-state index is -3.77. The van der Waals surface area contributed by atoms with Gasteiger partial charge in [0.25, 0.3) is 10.0 Å². The van der Waals surface area contributed by atoms with Gasteiger partial charge >= 0.3 is 0 Å². The summed E-state index contributed by atoms with van der Waals surface area (Å²) in [5.74, 6) is 0.319. The number of sulfonamides is 1. The number of aliphatic hydroxyl groups excluding tert-OH is 1. The van der Waals surface area contributed by atoms with Crippen molar-refractivity contribution in [3.63, 3.8) is 0 Å². The molecule has 1 aliphatic rings. The topological polar surface area (TPSA) is 66.8 Å². The van der Waals surface area contributed by atoms with Crippen LogP contribution < -0.4 is 9.04 Å². The highest BCUT2D eigenvalue weighted by Crippen LogP contribution is 2.38. The van der Waals surface area contributed by atoms with Gasteiger partial charge in [-0.25, -0.2) is 8.42 Å². The highest BCUT2D eigenvalue weighted by molar-refractivity contribution is 7.93. The van der Waals surface area contributed by atoms with Crippen LogP contribution in [0.2, 0.25) is 0 Å². The fraction of sp³-hybridized carbons (Fsp3) is 0.294. The van der Waals surface area contributed by atoms with E-state index < -0.39 is 16.1 Å². The zero-order chi connectivity index (χ0) is 16.6. The maximum Gasteiger partial charge on any atom is 0.268 e. The van der Waals surface area contributed by atoms with E-state index in [1.54, 1.807) is 36.4 Å². The smallest absolute Gasteiger partial charge is 0.268 e. The lowest BCUT2D eigenvalue weighted by atomic mass is 10.0. The van der Waals surface area contributed by atoms with Crippen molar-refractivity contribution in [3.8, 4) is 5.75 Å². The molecular weight excluding hydrogens is 314 g/mol. The maximum atomic E-state index is 13.2. The van der Waals surface area contributed by atoms with Crippen molar-refractivity contribution in [2.45, 2.75) is 24.3 Å². The number of para-hydroxylation sites is 1. The molecule has 3 rings (SSSR count). The summed E-state index contributed by atoms with van der Waals surface area (Å²) >= 11 is 0. The third-order valence-corrected chi connectivity index (χ3v) is 5.89. The summed E-state index contributed by atoms with van der Waals surface area (Å²) in [7, 11) is -2.31. The van der Waals surface area contributed by atoms with Crippen molar-refractivity contribution in [1.29, 1.82) is 0 Å². The zero-order valence-electron chi connectivity index (χ0n) is 13.1. The van der Waals surface area contributed by atoms with E-state index in [0.29, 0.717) is 23.4 Å². The molecule has 2 aromatic carbocycles. The molecule has 5 nitrogen and oxygen atoms in total. The van der Waals surface area contributed by atoms with Gasteiger partial charge < -0.3 is 9.84 Å². The molecule has 0 spiro atoms. The summed E-state index contributed by atoms with van der Waals surface area (Å²) in [6.07, 6.45) is -0.276. The molecule has 0 amide bonds. The first-order chi connectivity index (χ1) is 10.9. The number of aliphatic hydroxyl groups is 1. The Hall–Kier alpha value is -2.05. The number of aryl methyl sites for hydroxylation is 1. The van der Waals surface area contributed by atoms with Gasteiger partial charge in [-0.15, -0.1) is 0 Å². The third-order valence-electron chi connectivity index (χ3n) is 4.06. The summed E-state index contributed by atoms with van der Waals surface area (Å²) < 4.78 is 32.9. The van der Waals surface area contributed by atoms with Crippen molar-refractivity contribution in [2.75, 3.05) is 18.0 Å².